The lowest BCUT2D eigenvalue weighted by Gasteiger charge is -2.44. The van der Waals surface area contributed by atoms with Crippen molar-refractivity contribution < 1.29 is 4.79 Å². The molecule has 0 radical (unpaired) electrons. The van der Waals surface area contributed by atoms with Crippen molar-refractivity contribution in [1.82, 2.24) is 10.2 Å². The monoisotopic (exact) mass is 255 g/mol. The molecule has 0 bridgehead atoms. The van der Waals surface area contributed by atoms with Gasteiger partial charge in [-0.15, -0.1) is 0 Å². The van der Waals surface area contributed by atoms with Crippen LogP contribution in [0.25, 0.3) is 0 Å². The minimum absolute atomic E-state index is 0.209. The van der Waals surface area contributed by atoms with Crippen LogP contribution in [0.5, 0.6) is 0 Å². The van der Waals surface area contributed by atoms with Gasteiger partial charge in [-0.05, 0) is 25.2 Å². The predicted molar refractivity (Wildman–Crippen MR) is 71.7 cm³/mol. The summed E-state index contributed by atoms with van der Waals surface area (Å²) in [4.78, 5) is 14.3. The van der Waals surface area contributed by atoms with E-state index in [4.69, 9.17) is 18.0 Å². The topological polar surface area (TPSA) is 58.4 Å². The summed E-state index contributed by atoms with van der Waals surface area (Å²) in [7, 11) is 0. The predicted octanol–water partition coefficient (Wildman–Crippen LogP) is 0.652. The van der Waals surface area contributed by atoms with Gasteiger partial charge in [-0.25, -0.2) is 0 Å². The molecule has 3 unspecified atom stereocenters. The Hall–Kier alpha value is -0.680. The van der Waals surface area contributed by atoms with Crippen LogP contribution in [0.3, 0.4) is 0 Å². The SMILES string of the molecule is CCC(C(N)=S)N1CCC2NC(=O)CCC2C1. The van der Waals surface area contributed by atoms with E-state index in [0.717, 1.165) is 32.4 Å². The number of hydrogen-bond donors (Lipinski definition) is 2. The number of carbonyl (C=O) groups excluding carboxylic acids is 1. The first-order valence-corrected chi connectivity index (χ1v) is 6.85. The summed E-state index contributed by atoms with van der Waals surface area (Å²) in [5.41, 5.74) is 5.79. The highest BCUT2D eigenvalue weighted by Gasteiger charge is 2.35. The van der Waals surface area contributed by atoms with E-state index in [1.165, 1.54) is 0 Å². The molecule has 3 atom stereocenters. The van der Waals surface area contributed by atoms with Gasteiger partial charge in [-0.3, -0.25) is 9.69 Å². The molecule has 5 heteroatoms. The first-order chi connectivity index (χ1) is 8.11. The Morgan fingerprint density at radius 3 is 3.06 bits per heavy atom. The first-order valence-electron chi connectivity index (χ1n) is 6.44. The van der Waals surface area contributed by atoms with Crippen LogP contribution in [-0.4, -0.2) is 41.0 Å². The molecule has 0 aromatic rings. The van der Waals surface area contributed by atoms with Gasteiger partial charge in [0.25, 0.3) is 0 Å². The van der Waals surface area contributed by atoms with Crippen molar-refractivity contribution in [3.8, 4) is 0 Å². The molecular formula is C12H21N3OS. The summed E-state index contributed by atoms with van der Waals surface area (Å²) in [6.45, 7) is 4.12. The van der Waals surface area contributed by atoms with Crippen molar-refractivity contribution in [1.29, 1.82) is 0 Å². The highest BCUT2D eigenvalue weighted by atomic mass is 32.1. The van der Waals surface area contributed by atoms with E-state index in [2.05, 4.69) is 17.1 Å². The summed E-state index contributed by atoms with van der Waals surface area (Å²) >= 11 is 5.13. The second-order valence-corrected chi connectivity index (χ2v) is 5.55. The molecule has 0 aromatic carbocycles. The molecule has 4 nitrogen and oxygen atoms in total. The van der Waals surface area contributed by atoms with Gasteiger partial charge in [0.2, 0.25) is 5.91 Å². The highest BCUT2D eigenvalue weighted by Crippen LogP contribution is 2.27. The Morgan fingerprint density at radius 1 is 1.65 bits per heavy atom. The van der Waals surface area contributed by atoms with E-state index >= 15 is 0 Å². The van der Waals surface area contributed by atoms with Crippen LogP contribution in [0.1, 0.15) is 32.6 Å². The maximum Gasteiger partial charge on any atom is 0.220 e. The Bertz CT molecular complexity index is 321. The van der Waals surface area contributed by atoms with E-state index in [0.29, 0.717) is 23.4 Å². The molecule has 2 heterocycles. The summed E-state index contributed by atoms with van der Waals surface area (Å²) in [6, 6.07) is 0.597. The number of nitrogens with one attached hydrogen (secondary N) is 1. The second-order valence-electron chi connectivity index (χ2n) is 5.08. The van der Waals surface area contributed by atoms with Gasteiger partial charge >= 0.3 is 0 Å². The van der Waals surface area contributed by atoms with Crippen LogP contribution >= 0.6 is 12.2 Å². The minimum atomic E-state index is 0.209. The van der Waals surface area contributed by atoms with Gasteiger partial charge in [0.05, 0.1) is 11.0 Å². The zero-order valence-corrected chi connectivity index (χ0v) is 11.1. The van der Waals surface area contributed by atoms with Gasteiger partial charge in [0.15, 0.2) is 0 Å². The van der Waals surface area contributed by atoms with Crippen molar-refractivity contribution in [2.24, 2.45) is 11.7 Å². The van der Waals surface area contributed by atoms with Crippen LogP contribution in [0.2, 0.25) is 0 Å². The molecule has 2 aliphatic rings. The largest absolute Gasteiger partial charge is 0.392 e. The molecular weight excluding hydrogens is 234 g/mol. The van der Waals surface area contributed by atoms with Crippen LogP contribution in [-0.2, 0) is 4.79 Å². The zero-order valence-electron chi connectivity index (χ0n) is 10.3. The van der Waals surface area contributed by atoms with Gasteiger partial charge in [0, 0.05) is 25.6 Å². The normalized spacial score (nSPS) is 31.5. The third-order valence-electron chi connectivity index (χ3n) is 4.01. The van der Waals surface area contributed by atoms with Crippen molar-refractivity contribution in [3.63, 3.8) is 0 Å². The van der Waals surface area contributed by atoms with E-state index in [1.54, 1.807) is 0 Å². The molecule has 0 aliphatic carbocycles. The number of hydrogen-bond acceptors (Lipinski definition) is 3. The maximum absolute atomic E-state index is 11.3. The lowest BCUT2D eigenvalue weighted by atomic mass is 9.84. The second kappa shape index (κ2) is 5.31. The van der Waals surface area contributed by atoms with Crippen molar-refractivity contribution in [3.05, 3.63) is 0 Å². The van der Waals surface area contributed by atoms with Crippen LogP contribution in [0.4, 0.5) is 0 Å². The molecule has 96 valence electrons. The summed E-state index contributed by atoms with van der Waals surface area (Å²) in [5, 5.41) is 3.10. The lowest BCUT2D eigenvalue weighted by molar-refractivity contribution is -0.125. The van der Waals surface area contributed by atoms with Gasteiger partial charge in [-0.2, -0.15) is 0 Å². The standard InChI is InChI=1S/C12H21N3OS/c1-2-10(12(13)17)15-6-5-9-8(7-15)3-4-11(16)14-9/h8-10H,2-7H2,1H3,(H2,13,17)(H,14,16). The molecule has 2 fully saturated rings. The summed E-state index contributed by atoms with van der Waals surface area (Å²) in [6.07, 6.45) is 3.66. The fraction of sp³-hybridized carbons (Fsp3) is 0.833. The van der Waals surface area contributed by atoms with Crippen molar-refractivity contribution >= 4 is 23.1 Å². The minimum Gasteiger partial charge on any atom is -0.392 e. The fourth-order valence-corrected chi connectivity index (χ4v) is 3.38. The number of fused-ring (bicyclic) bond motifs is 1. The molecule has 2 aliphatic heterocycles. The quantitative estimate of drug-likeness (QED) is 0.727. The molecule has 2 saturated heterocycles. The highest BCUT2D eigenvalue weighted by molar-refractivity contribution is 7.80. The van der Waals surface area contributed by atoms with E-state index in [9.17, 15) is 4.79 Å². The Balaban J connectivity index is 1.97. The lowest BCUT2D eigenvalue weighted by Crippen LogP contribution is -2.57. The van der Waals surface area contributed by atoms with Crippen LogP contribution < -0.4 is 11.1 Å². The molecule has 1 amide bonds. The molecule has 2 rings (SSSR count). The van der Waals surface area contributed by atoms with E-state index in [-0.39, 0.29) is 11.9 Å². The number of piperidine rings is 2. The number of carbonyl (C=O) groups is 1. The Kier molecular flexibility index (Phi) is 3.99. The van der Waals surface area contributed by atoms with Crippen LogP contribution in [0.15, 0.2) is 0 Å². The summed E-state index contributed by atoms with van der Waals surface area (Å²) < 4.78 is 0. The molecule has 0 aromatic heterocycles. The third kappa shape index (κ3) is 2.77. The molecule has 0 saturated carbocycles. The van der Waals surface area contributed by atoms with Crippen LogP contribution in [0, 0.1) is 5.92 Å². The van der Waals surface area contributed by atoms with Gasteiger partial charge < -0.3 is 11.1 Å². The van der Waals surface area contributed by atoms with E-state index in [1.807, 2.05) is 0 Å². The third-order valence-corrected chi connectivity index (χ3v) is 4.28. The number of thiocarbonyl (C=S) groups is 1. The zero-order chi connectivity index (χ0) is 12.4. The Labute approximate surface area is 108 Å². The smallest absolute Gasteiger partial charge is 0.220 e. The Morgan fingerprint density at radius 2 is 2.41 bits per heavy atom. The van der Waals surface area contributed by atoms with Crippen molar-refractivity contribution in [2.45, 2.75) is 44.7 Å². The van der Waals surface area contributed by atoms with Gasteiger partial charge in [-0.1, -0.05) is 19.1 Å². The molecule has 17 heavy (non-hydrogen) atoms. The number of likely N-dealkylation sites (tertiary alicyclic amines) is 1. The van der Waals surface area contributed by atoms with Gasteiger partial charge in [0.1, 0.15) is 0 Å². The molecule has 0 spiro atoms. The number of nitrogens with zero attached hydrogens (tertiary/aromatic N) is 1. The molecule has 3 N–H and O–H groups in total. The number of amides is 1. The number of rotatable bonds is 3. The fourth-order valence-electron chi connectivity index (χ4n) is 3.06. The maximum atomic E-state index is 11.3. The first kappa shape index (κ1) is 12.8. The average molecular weight is 255 g/mol. The van der Waals surface area contributed by atoms with E-state index < -0.39 is 0 Å². The average Bonchev–Trinajstić information content (AvgIpc) is 2.29. The number of nitrogens with two attached hydrogens (primary N) is 1. The van der Waals surface area contributed by atoms with Crippen molar-refractivity contribution in [2.75, 3.05) is 13.1 Å². The summed E-state index contributed by atoms with van der Waals surface area (Å²) in [5.74, 6) is 0.783.